The summed E-state index contributed by atoms with van der Waals surface area (Å²) in [5.41, 5.74) is 0.532. The Kier molecular flexibility index (Phi) is 7.19. The van der Waals surface area contributed by atoms with Gasteiger partial charge in [0.25, 0.3) is 5.91 Å². The van der Waals surface area contributed by atoms with Gasteiger partial charge in [-0.15, -0.1) is 0 Å². The fourth-order valence-electron chi connectivity index (χ4n) is 2.84. The average Bonchev–Trinajstić information content (AvgIpc) is 2.75. The number of para-hydroxylation sites is 2. The largest absolute Gasteiger partial charge is 0.486 e. The fourth-order valence-corrected chi connectivity index (χ4v) is 3.31. The van der Waals surface area contributed by atoms with E-state index in [1.54, 1.807) is 36.0 Å². The minimum atomic E-state index is -0.600. The van der Waals surface area contributed by atoms with Crippen LogP contribution >= 0.6 is 11.8 Å². The van der Waals surface area contributed by atoms with E-state index < -0.39 is 6.04 Å². The first-order valence-corrected chi connectivity index (χ1v) is 10.6. The van der Waals surface area contributed by atoms with Crippen molar-refractivity contribution < 1.29 is 19.1 Å². The number of carbonyl (C=O) groups excluding carboxylic acids is 2. The van der Waals surface area contributed by atoms with E-state index >= 15 is 0 Å². The average molecular weight is 401 g/mol. The van der Waals surface area contributed by atoms with Crippen LogP contribution in [0.2, 0.25) is 0 Å². The Bertz CT molecular complexity index is 800. The molecule has 2 unspecified atom stereocenters. The minimum Gasteiger partial charge on any atom is -0.486 e. The number of thioether (sulfide) groups is 1. The highest BCUT2D eigenvalue weighted by atomic mass is 32.2. The van der Waals surface area contributed by atoms with E-state index in [9.17, 15) is 9.59 Å². The van der Waals surface area contributed by atoms with Crippen molar-refractivity contribution in [1.29, 1.82) is 0 Å². The van der Waals surface area contributed by atoms with Crippen LogP contribution in [0, 0.1) is 0 Å². The zero-order valence-electron chi connectivity index (χ0n) is 15.7. The van der Waals surface area contributed by atoms with Gasteiger partial charge in [0.1, 0.15) is 18.8 Å². The molecule has 0 aromatic heterocycles. The fraction of sp³-hybridized carbons (Fsp3) is 0.333. The highest BCUT2D eigenvalue weighted by Crippen LogP contribution is 2.30. The van der Waals surface area contributed by atoms with Crippen LogP contribution in [0.15, 0.2) is 54.6 Å². The number of nitrogens with one attached hydrogen (secondary N) is 2. The van der Waals surface area contributed by atoms with E-state index in [1.165, 1.54) is 0 Å². The molecule has 1 aliphatic rings. The molecule has 0 saturated carbocycles. The standard InChI is InChI=1S/C21H24N2O4S/c1-28-12-11-17(23-20(24)15-7-3-2-4-8-15)21(25)22-13-16-14-26-18-9-5-6-10-19(18)27-16/h2-10,16-17H,11-14H2,1H3,(H,22,25)(H,23,24). The molecule has 0 spiro atoms. The van der Waals surface area contributed by atoms with Crippen molar-refractivity contribution in [2.24, 2.45) is 0 Å². The number of amides is 2. The van der Waals surface area contributed by atoms with Crippen molar-refractivity contribution in [3.8, 4) is 11.5 Å². The molecular formula is C21H24N2O4S. The van der Waals surface area contributed by atoms with Crippen LogP contribution in [0.3, 0.4) is 0 Å². The summed E-state index contributed by atoms with van der Waals surface area (Å²) in [7, 11) is 0. The molecule has 148 valence electrons. The SMILES string of the molecule is CSCCC(NC(=O)c1ccccc1)C(=O)NCC1COc2ccccc2O1. The van der Waals surface area contributed by atoms with Gasteiger partial charge in [0.15, 0.2) is 11.5 Å². The molecule has 3 rings (SSSR count). The lowest BCUT2D eigenvalue weighted by Gasteiger charge is -2.27. The first-order chi connectivity index (χ1) is 13.7. The lowest BCUT2D eigenvalue weighted by atomic mass is 10.1. The predicted octanol–water partition coefficient (Wildman–Crippen LogP) is 2.49. The van der Waals surface area contributed by atoms with E-state index in [2.05, 4.69) is 10.6 Å². The number of hydrogen-bond acceptors (Lipinski definition) is 5. The topological polar surface area (TPSA) is 76.7 Å². The molecule has 2 aromatic carbocycles. The van der Waals surface area contributed by atoms with Gasteiger partial charge in [-0.25, -0.2) is 0 Å². The van der Waals surface area contributed by atoms with E-state index in [0.717, 1.165) is 5.75 Å². The summed E-state index contributed by atoms with van der Waals surface area (Å²) in [5, 5.41) is 5.72. The number of hydrogen-bond donors (Lipinski definition) is 2. The Morgan fingerprint density at radius 3 is 2.57 bits per heavy atom. The van der Waals surface area contributed by atoms with Crippen molar-refractivity contribution in [3.63, 3.8) is 0 Å². The van der Waals surface area contributed by atoms with Gasteiger partial charge in [0.2, 0.25) is 5.91 Å². The van der Waals surface area contributed by atoms with Gasteiger partial charge in [0, 0.05) is 5.56 Å². The summed E-state index contributed by atoms with van der Waals surface area (Å²) in [6, 6.07) is 15.7. The number of fused-ring (bicyclic) bond motifs is 1. The van der Waals surface area contributed by atoms with E-state index in [4.69, 9.17) is 9.47 Å². The maximum Gasteiger partial charge on any atom is 0.251 e. The lowest BCUT2D eigenvalue weighted by Crippen LogP contribution is -2.50. The van der Waals surface area contributed by atoms with Crippen molar-refractivity contribution in [2.75, 3.05) is 25.2 Å². The van der Waals surface area contributed by atoms with E-state index in [1.807, 2.05) is 36.6 Å². The Morgan fingerprint density at radius 2 is 1.82 bits per heavy atom. The van der Waals surface area contributed by atoms with Crippen molar-refractivity contribution in [1.82, 2.24) is 10.6 Å². The molecule has 6 nitrogen and oxygen atoms in total. The molecule has 1 aliphatic heterocycles. The van der Waals surface area contributed by atoms with Crippen LogP contribution < -0.4 is 20.1 Å². The van der Waals surface area contributed by atoms with Gasteiger partial charge in [-0.1, -0.05) is 30.3 Å². The van der Waals surface area contributed by atoms with Crippen molar-refractivity contribution in [3.05, 3.63) is 60.2 Å². The summed E-state index contributed by atoms with van der Waals surface area (Å²) >= 11 is 1.63. The molecule has 1 heterocycles. The number of carbonyl (C=O) groups is 2. The molecule has 0 aliphatic carbocycles. The Morgan fingerprint density at radius 1 is 1.11 bits per heavy atom. The molecule has 2 N–H and O–H groups in total. The smallest absolute Gasteiger partial charge is 0.251 e. The Hall–Kier alpha value is -2.67. The van der Waals surface area contributed by atoms with Gasteiger partial charge in [-0.2, -0.15) is 11.8 Å². The summed E-state index contributed by atoms with van der Waals surface area (Å²) in [4.78, 5) is 25.1. The second-order valence-electron chi connectivity index (χ2n) is 6.42. The number of benzene rings is 2. The Balaban J connectivity index is 1.55. The second-order valence-corrected chi connectivity index (χ2v) is 7.40. The van der Waals surface area contributed by atoms with Crippen LogP contribution in [0.1, 0.15) is 16.8 Å². The zero-order chi connectivity index (χ0) is 19.8. The van der Waals surface area contributed by atoms with Crippen molar-refractivity contribution >= 4 is 23.6 Å². The monoisotopic (exact) mass is 400 g/mol. The van der Waals surface area contributed by atoms with Gasteiger partial charge in [-0.05, 0) is 42.7 Å². The normalized spacial score (nSPS) is 16.1. The first kappa shape index (κ1) is 20.1. The van der Waals surface area contributed by atoms with E-state index in [-0.39, 0.29) is 17.9 Å². The maximum atomic E-state index is 12.7. The number of rotatable bonds is 8. The quantitative estimate of drug-likeness (QED) is 0.712. The second kappa shape index (κ2) is 10.0. The zero-order valence-corrected chi connectivity index (χ0v) is 16.5. The molecule has 0 fully saturated rings. The van der Waals surface area contributed by atoms with Crippen LogP contribution in [0.5, 0.6) is 11.5 Å². The molecule has 7 heteroatoms. The number of ether oxygens (including phenoxy) is 2. The summed E-state index contributed by atoms with van der Waals surface area (Å²) in [5.74, 6) is 1.67. The highest BCUT2D eigenvalue weighted by Gasteiger charge is 2.25. The minimum absolute atomic E-state index is 0.221. The summed E-state index contributed by atoms with van der Waals surface area (Å²) in [6.45, 7) is 0.674. The van der Waals surface area contributed by atoms with Crippen molar-refractivity contribution in [2.45, 2.75) is 18.6 Å². The third kappa shape index (κ3) is 5.42. The molecule has 0 saturated heterocycles. The van der Waals surface area contributed by atoms with Crippen LogP contribution in [0.25, 0.3) is 0 Å². The van der Waals surface area contributed by atoms with Crippen LogP contribution in [0.4, 0.5) is 0 Å². The van der Waals surface area contributed by atoms with Crippen LogP contribution in [-0.2, 0) is 4.79 Å². The molecule has 28 heavy (non-hydrogen) atoms. The predicted molar refractivity (Wildman–Crippen MR) is 110 cm³/mol. The van der Waals surface area contributed by atoms with Gasteiger partial charge >= 0.3 is 0 Å². The highest BCUT2D eigenvalue weighted by molar-refractivity contribution is 7.98. The van der Waals surface area contributed by atoms with Crippen LogP contribution in [-0.4, -0.2) is 49.1 Å². The van der Waals surface area contributed by atoms with Gasteiger partial charge < -0.3 is 20.1 Å². The van der Waals surface area contributed by atoms with Gasteiger partial charge in [0.05, 0.1) is 6.54 Å². The van der Waals surface area contributed by atoms with Gasteiger partial charge in [-0.3, -0.25) is 9.59 Å². The maximum absolute atomic E-state index is 12.7. The molecule has 0 radical (unpaired) electrons. The third-order valence-electron chi connectivity index (χ3n) is 4.34. The molecule has 2 aromatic rings. The lowest BCUT2D eigenvalue weighted by molar-refractivity contribution is -0.123. The molecule has 2 amide bonds. The molecule has 2 atom stereocenters. The Labute approximate surface area is 169 Å². The third-order valence-corrected chi connectivity index (χ3v) is 4.98. The van der Waals surface area contributed by atoms with E-state index in [0.29, 0.717) is 36.6 Å². The first-order valence-electron chi connectivity index (χ1n) is 9.18. The molecule has 0 bridgehead atoms. The summed E-state index contributed by atoms with van der Waals surface area (Å²) in [6.07, 6.45) is 2.25. The molecular weight excluding hydrogens is 376 g/mol. The summed E-state index contributed by atoms with van der Waals surface area (Å²) < 4.78 is 11.5.